The zero-order valence-corrected chi connectivity index (χ0v) is 14.2. The maximum absolute atomic E-state index is 11.3. The highest BCUT2D eigenvalue weighted by Gasteiger charge is 2.07. The molecule has 0 amide bonds. The van der Waals surface area contributed by atoms with Gasteiger partial charge in [0, 0.05) is 6.07 Å². The molecule has 0 saturated heterocycles. The van der Waals surface area contributed by atoms with Gasteiger partial charge in [0.2, 0.25) is 5.43 Å². The van der Waals surface area contributed by atoms with E-state index < -0.39 is 5.43 Å². The lowest BCUT2D eigenvalue weighted by molar-refractivity contribution is 0.183. The summed E-state index contributed by atoms with van der Waals surface area (Å²) >= 11 is 0. The maximum Gasteiger partial charge on any atom is 0.227 e. The molecule has 1 heterocycles. The van der Waals surface area contributed by atoms with Crippen LogP contribution in [0.25, 0.3) is 12.2 Å². The second-order valence-electron chi connectivity index (χ2n) is 5.72. The lowest BCUT2D eigenvalue weighted by atomic mass is 10.1. The molecule has 2 rings (SSSR count). The van der Waals surface area contributed by atoms with Crippen molar-refractivity contribution < 1.29 is 14.3 Å². The Hall–Kier alpha value is -2.49. The Labute approximate surface area is 142 Å². The Morgan fingerprint density at radius 3 is 2.58 bits per heavy atom. The molecule has 1 aromatic heterocycles. The SMILES string of the molecule is CCCCC(CC)Oc1ccc(C=Cc2cc(=O)c(O)co2)cc1. The van der Waals surface area contributed by atoms with Crippen LogP contribution < -0.4 is 10.2 Å². The predicted octanol–water partition coefficient (Wildman–Crippen LogP) is 4.86. The third-order valence-electron chi connectivity index (χ3n) is 3.79. The van der Waals surface area contributed by atoms with Crippen LogP contribution in [-0.4, -0.2) is 11.2 Å². The van der Waals surface area contributed by atoms with Crippen LogP contribution in [0.5, 0.6) is 11.5 Å². The molecular formula is C20H24O4. The molecule has 0 spiro atoms. The summed E-state index contributed by atoms with van der Waals surface area (Å²) < 4.78 is 11.1. The number of unbranched alkanes of at least 4 members (excludes halogenated alkanes) is 1. The predicted molar refractivity (Wildman–Crippen MR) is 96.2 cm³/mol. The summed E-state index contributed by atoms with van der Waals surface area (Å²) in [6, 6.07) is 9.05. The number of hydrogen-bond acceptors (Lipinski definition) is 4. The summed E-state index contributed by atoms with van der Waals surface area (Å²) in [4.78, 5) is 11.3. The quantitative estimate of drug-likeness (QED) is 0.751. The van der Waals surface area contributed by atoms with Crippen LogP contribution in [0, 0.1) is 0 Å². The number of benzene rings is 1. The lowest BCUT2D eigenvalue weighted by Crippen LogP contribution is -2.14. The second kappa shape index (κ2) is 8.96. The third-order valence-corrected chi connectivity index (χ3v) is 3.79. The van der Waals surface area contributed by atoms with Crippen LogP contribution in [0.4, 0.5) is 0 Å². The fourth-order valence-corrected chi connectivity index (χ4v) is 2.31. The molecule has 2 aromatic rings. The molecule has 1 aromatic carbocycles. The summed E-state index contributed by atoms with van der Waals surface area (Å²) in [5.41, 5.74) is 0.516. The monoisotopic (exact) mass is 328 g/mol. The second-order valence-corrected chi connectivity index (χ2v) is 5.72. The third kappa shape index (κ3) is 5.30. The van der Waals surface area contributed by atoms with Gasteiger partial charge < -0.3 is 14.3 Å². The lowest BCUT2D eigenvalue weighted by Gasteiger charge is -2.17. The van der Waals surface area contributed by atoms with Crippen LogP contribution >= 0.6 is 0 Å². The van der Waals surface area contributed by atoms with E-state index in [4.69, 9.17) is 14.3 Å². The normalized spacial score (nSPS) is 12.4. The van der Waals surface area contributed by atoms with Gasteiger partial charge in [-0.05, 0) is 36.6 Å². The molecule has 128 valence electrons. The van der Waals surface area contributed by atoms with E-state index in [0.29, 0.717) is 5.76 Å². The number of rotatable bonds is 8. The highest BCUT2D eigenvalue weighted by molar-refractivity contribution is 5.67. The van der Waals surface area contributed by atoms with Crippen LogP contribution in [0.1, 0.15) is 50.9 Å². The molecule has 0 saturated carbocycles. The maximum atomic E-state index is 11.3. The van der Waals surface area contributed by atoms with E-state index in [1.165, 1.54) is 18.9 Å². The fourth-order valence-electron chi connectivity index (χ4n) is 2.31. The molecule has 0 radical (unpaired) electrons. The Morgan fingerprint density at radius 2 is 1.96 bits per heavy atom. The first-order chi connectivity index (χ1) is 11.6. The van der Waals surface area contributed by atoms with E-state index in [1.807, 2.05) is 30.3 Å². The van der Waals surface area contributed by atoms with Gasteiger partial charge in [-0.3, -0.25) is 4.79 Å². The molecule has 0 aliphatic heterocycles. The van der Waals surface area contributed by atoms with Gasteiger partial charge in [-0.2, -0.15) is 0 Å². The Kier molecular flexibility index (Phi) is 6.67. The number of hydrogen-bond donors (Lipinski definition) is 1. The van der Waals surface area contributed by atoms with Crippen LogP contribution in [-0.2, 0) is 0 Å². The Balaban J connectivity index is 1.99. The molecule has 1 N–H and O–H groups in total. The summed E-state index contributed by atoms with van der Waals surface area (Å²) in [5.74, 6) is 0.872. The van der Waals surface area contributed by atoms with Crippen molar-refractivity contribution in [3.63, 3.8) is 0 Å². The van der Waals surface area contributed by atoms with Gasteiger partial charge in [-0.25, -0.2) is 0 Å². The Bertz CT molecular complexity index is 713. The van der Waals surface area contributed by atoms with Gasteiger partial charge in [-0.1, -0.05) is 44.9 Å². The average molecular weight is 328 g/mol. The van der Waals surface area contributed by atoms with Gasteiger partial charge >= 0.3 is 0 Å². The van der Waals surface area contributed by atoms with Crippen molar-refractivity contribution in [2.24, 2.45) is 0 Å². The molecule has 0 aliphatic rings. The minimum absolute atomic E-state index is 0.262. The topological polar surface area (TPSA) is 59.7 Å². The zero-order chi connectivity index (χ0) is 17.4. The zero-order valence-electron chi connectivity index (χ0n) is 14.2. The van der Waals surface area contributed by atoms with Crippen molar-refractivity contribution in [1.29, 1.82) is 0 Å². The minimum Gasteiger partial charge on any atom is -0.502 e. The molecule has 0 fully saturated rings. The molecule has 24 heavy (non-hydrogen) atoms. The van der Waals surface area contributed by atoms with E-state index in [2.05, 4.69) is 13.8 Å². The van der Waals surface area contributed by atoms with Crippen molar-refractivity contribution in [1.82, 2.24) is 0 Å². The van der Waals surface area contributed by atoms with E-state index in [1.54, 1.807) is 6.08 Å². The van der Waals surface area contributed by atoms with E-state index >= 15 is 0 Å². The molecule has 0 bridgehead atoms. The highest BCUT2D eigenvalue weighted by Crippen LogP contribution is 2.19. The Morgan fingerprint density at radius 1 is 1.21 bits per heavy atom. The first-order valence-corrected chi connectivity index (χ1v) is 8.39. The summed E-state index contributed by atoms with van der Waals surface area (Å²) in [5, 5.41) is 9.16. The summed E-state index contributed by atoms with van der Waals surface area (Å²) in [6.07, 6.45) is 9.27. The molecular weight excluding hydrogens is 304 g/mol. The molecule has 0 aliphatic carbocycles. The van der Waals surface area contributed by atoms with Crippen molar-refractivity contribution >= 4 is 12.2 Å². The van der Waals surface area contributed by atoms with Crippen molar-refractivity contribution in [3.05, 3.63) is 58.1 Å². The summed E-state index contributed by atoms with van der Waals surface area (Å²) in [7, 11) is 0. The van der Waals surface area contributed by atoms with Crippen molar-refractivity contribution in [2.75, 3.05) is 0 Å². The standard InChI is InChI=1S/C20H24O4/c1-3-5-6-16(4-2)24-17-10-7-15(8-11-17)9-12-18-13-19(21)20(22)14-23-18/h7-14,16,22H,3-6H2,1-2H3. The van der Waals surface area contributed by atoms with E-state index in [9.17, 15) is 4.79 Å². The van der Waals surface area contributed by atoms with Crippen molar-refractivity contribution in [2.45, 2.75) is 45.6 Å². The smallest absolute Gasteiger partial charge is 0.227 e. The minimum atomic E-state index is -0.456. The highest BCUT2D eigenvalue weighted by atomic mass is 16.5. The first-order valence-electron chi connectivity index (χ1n) is 8.39. The van der Waals surface area contributed by atoms with Gasteiger partial charge in [0.15, 0.2) is 5.75 Å². The van der Waals surface area contributed by atoms with E-state index in [-0.39, 0.29) is 11.9 Å². The molecule has 1 atom stereocenters. The molecule has 1 unspecified atom stereocenters. The molecule has 4 heteroatoms. The van der Waals surface area contributed by atoms with Gasteiger partial charge in [-0.15, -0.1) is 0 Å². The average Bonchev–Trinajstić information content (AvgIpc) is 2.60. The van der Waals surface area contributed by atoms with Gasteiger partial charge in [0.1, 0.15) is 17.8 Å². The van der Waals surface area contributed by atoms with Gasteiger partial charge in [0.25, 0.3) is 0 Å². The fraction of sp³-hybridized carbons (Fsp3) is 0.350. The molecule has 4 nitrogen and oxygen atoms in total. The van der Waals surface area contributed by atoms with Crippen LogP contribution in [0.15, 0.2) is 45.8 Å². The summed E-state index contributed by atoms with van der Waals surface area (Å²) in [6.45, 7) is 4.33. The number of aromatic hydroxyl groups is 1. The first kappa shape index (κ1) is 17.9. The largest absolute Gasteiger partial charge is 0.502 e. The van der Waals surface area contributed by atoms with Crippen LogP contribution in [0.3, 0.4) is 0 Å². The number of ether oxygens (including phenoxy) is 1. The van der Waals surface area contributed by atoms with Crippen molar-refractivity contribution in [3.8, 4) is 11.5 Å². The van der Waals surface area contributed by atoms with Crippen LogP contribution in [0.2, 0.25) is 0 Å². The van der Waals surface area contributed by atoms with Gasteiger partial charge in [0.05, 0.1) is 6.10 Å². The van der Waals surface area contributed by atoms with E-state index in [0.717, 1.165) is 30.4 Å².